The van der Waals surface area contributed by atoms with Crippen molar-refractivity contribution in [3.8, 4) is 0 Å². The van der Waals surface area contributed by atoms with Crippen LogP contribution in [0.5, 0.6) is 0 Å². The van der Waals surface area contributed by atoms with Crippen LogP contribution in [0.4, 0.5) is 0 Å². The second kappa shape index (κ2) is 9.25. The summed E-state index contributed by atoms with van der Waals surface area (Å²) in [6, 6.07) is 14.4. The van der Waals surface area contributed by atoms with Gasteiger partial charge in [0.2, 0.25) is 0 Å². The first-order valence-electron chi connectivity index (χ1n) is 5.23. The Morgan fingerprint density at radius 2 is 0.773 bits per heavy atom. The molecule has 0 aliphatic carbocycles. The first-order chi connectivity index (χ1) is 9.21. The van der Waals surface area contributed by atoms with Crippen LogP contribution in [0.25, 0.3) is 0 Å². The first kappa shape index (κ1) is 22.5. The molecule has 2 aromatic carbocycles. The Labute approximate surface area is 129 Å². The average Bonchev–Trinajstić information content (AvgIpc) is 2.40. The van der Waals surface area contributed by atoms with E-state index >= 15 is 0 Å². The Kier molecular flexibility index (Phi) is 9.44. The van der Waals surface area contributed by atoms with Gasteiger partial charge in [0.25, 0.3) is 0 Å². The van der Waals surface area contributed by atoms with Crippen molar-refractivity contribution in [1.82, 2.24) is 12.3 Å². The molecule has 22 heavy (non-hydrogen) atoms. The van der Waals surface area contributed by atoms with E-state index in [-0.39, 0.29) is 22.1 Å². The summed E-state index contributed by atoms with van der Waals surface area (Å²) in [6.07, 6.45) is 0. The largest absolute Gasteiger partial charge is 0.744 e. The topological polar surface area (TPSA) is 187 Å². The Bertz CT molecular complexity index is 679. The molecule has 0 heterocycles. The third-order valence-corrected chi connectivity index (χ3v) is 3.76. The van der Waals surface area contributed by atoms with Gasteiger partial charge in [-0.3, -0.25) is 0 Å². The lowest BCUT2D eigenvalue weighted by molar-refractivity contribution is 0.461. The average molecular weight is 350 g/mol. The summed E-state index contributed by atoms with van der Waals surface area (Å²) in [5.41, 5.74) is 0. The standard InChI is InChI=1S/2C6H6O3S.2H3N/c2*7-10(8,9)6-4-2-1-3-5-6;;/h2*1-5H,(H,7,8,9);2*1H3. The minimum absolute atomic E-state index is 0. The lowest BCUT2D eigenvalue weighted by Crippen LogP contribution is -1.96. The van der Waals surface area contributed by atoms with Gasteiger partial charge in [-0.15, -0.1) is 0 Å². The molecule has 0 saturated heterocycles. The van der Waals surface area contributed by atoms with Crippen molar-refractivity contribution in [2.24, 2.45) is 0 Å². The SMILES string of the molecule is O=S(=O)([O-])c1ccccc1.O=S(=O)([O-])c1ccccc1.[NH4+].[NH4+]. The molecule has 8 nitrogen and oxygen atoms in total. The van der Waals surface area contributed by atoms with Gasteiger partial charge >= 0.3 is 0 Å². The van der Waals surface area contributed by atoms with Crippen molar-refractivity contribution >= 4 is 20.2 Å². The van der Waals surface area contributed by atoms with E-state index in [9.17, 15) is 25.9 Å². The van der Waals surface area contributed by atoms with E-state index in [4.69, 9.17) is 0 Å². The molecule has 0 saturated carbocycles. The summed E-state index contributed by atoms with van der Waals surface area (Å²) in [4.78, 5) is -0.370. The Morgan fingerprint density at radius 1 is 0.545 bits per heavy atom. The summed E-state index contributed by atoms with van der Waals surface area (Å²) in [6.45, 7) is 0. The van der Waals surface area contributed by atoms with Crippen LogP contribution in [-0.4, -0.2) is 25.9 Å². The third-order valence-electron chi connectivity index (χ3n) is 2.06. The smallest absolute Gasteiger partial charge is 0.124 e. The van der Waals surface area contributed by atoms with Gasteiger partial charge in [0.15, 0.2) is 0 Å². The van der Waals surface area contributed by atoms with Crippen LogP contribution in [0.15, 0.2) is 70.5 Å². The van der Waals surface area contributed by atoms with Crippen molar-refractivity contribution in [3.63, 3.8) is 0 Å². The van der Waals surface area contributed by atoms with Crippen LogP contribution in [0.2, 0.25) is 0 Å². The molecule has 124 valence electrons. The summed E-state index contributed by atoms with van der Waals surface area (Å²) < 4.78 is 61.7. The van der Waals surface area contributed by atoms with Crippen LogP contribution in [0.1, 0.15) is 0 Å². The zero-order valence-electron chi connectivity index (χ0n) is 12.0. The van der Waals surface area contributed by atoms with Gasteiger partial charge in [-0.1, -0.05) is 36.4 Å². The molecule has 8 N–H and O–H groups in total. The zero-order valence-corrected chi connectivity index (χ0v) is 13.7. The third kappa shape index (κ3) is 7.83. The van der Waals surface area contributed by atoms with Crippen molar-refractivity contribution < 1.29 is 25.9 Å². The van der Waals surface area contributed by atoms with Crippen molar-refractivity contribution in [2.75, 3.05) is 0 Å². The van der Waals surface area contributed by atoms with E-state index in [0.29, 0.717) is 0 Å². The van der Waals surface area contributed by atoms with E-state index in [1.54, 1.807) is 12.1 Å². The van der Waals surface area contributed by atoms with Crippen molar-refractivity contribution in [2.45, 2.75) is 9.79 Å². The fourth-order valence-electron chi connectivity index (χ4n) is 1.17. The highest BCUT2D eigenvalue weighted by Gasteiger charge is 1.96. The second-order valence-electron chi connectivity index (χ2n) is 3.53. The van der Waals surface area contributed by atoms with E-state index in [1.807, 2.05) is 0 Å². The maximum Gasteiger partial charge on any atom is 0.124 e. The van der Waals surface area contributed by atoms with Crippen LogP contribution in [-0.2, 0) is 20.2 Å². The van der Waals surface area contributed by atoms with Gasteiger partial charge in [-0.25, -0.2) is 16.8 Å². The lowest BCUT2D eigenvalue weighted by atomic mass is 10.4. The molecular formula is C12H18N2O6S2. The normalized spacial score (nSPS) is 10.3. The molecule has 0 aliphatic rings. The molecule has 0 unspecified atom stereocenters. The first-order valence-corrected chi connectivity index (χ1v) is 8.05. The van der Waals surface area contributed by atoms with Gasteiger partial charge < -0.3 is 21.4 Å². The zero-order chi connectivity index (χ0) is 15.2. The number of rotatable bonds is 2. The van der Waals surface area contributed by atoms with E-state index in [0.717, 1.165) is 0 Å². The molecule has 0 fully saturated rings. The summed E-state index contributed by atoms with van der Waals surface area (Å²) in [7, 11) is -8.51. The quantitative estimate of drug-likeness (QED) is 0.778. The molecule has 10 heteroatoms. The number of quaternary nitrogens is 2. The fraction of sp³-hybridized carbons (Fsp3) is 0. The minimum atomic E-state index is -4.25. The molecule has 0 atom stereocenters. The monoisotopic (exact) mass is 350 g/mol. The molecule has 0 aliphatic heterocycles. The minimum Gasteiger partial charge on any atom is -0.744 e. The van der Waals surface area contributed by atoms with E-state index in [1.165, 1.54) is 48.5 Å². The summed E-state index contributed by atoms with van der Waals surface area (Å²) in [5.74, 6) is 0. The van der Waals surface area contributed by atoms with Gasteiger partial charge in [0, 0.05) is 0 Å². The van der Waals surface area contributed by atoms with Crippen LogP contribution >= 0.6 is 0 Å². The van der Waals surface area contributed by atoms with Gasteiger partial charge in [-0.05, 0) is 24.3 Å². The lowest BCUT2D eigenvalue weighted by Gasteiger charge is -2.04. The molecule has 0 radical (unpaired) electrons. The molecular weight excluding hydrogens is 332 g/mol. The predicted octanol–water partition coefficient (Wildman–Crippen LogP) is 1.93. The number of benzene rings is 2. The van der Waals surface area contributed by atoms with Crippen LogP contribution < -0.4 is 12.3 Å². The van der Waals surface area contributed by atoms with Crippen molar-refractivity contribution in [1.29, 1.82) is 0 Å². The van der Waals surface area contributed by atoms with Crippen LogP contribution in [0, 0.1) is 0 Å². The number of hydrogen-bond acceptors (Lipinski definition) is 6. The predicted molar refractivity (Wildman–Crippen MR) is 80.8 cm³/mol. The second-order valence-corrected chi connectivity index (χ2v) is 6.29. The maximum absolute atomic E-state index is 10.3. The Morgan fingerprint density at radius 3 is 0.909 bits per heavy atom. The highest BCUT2D eigenvalue weighted by atomic mass is 32.2. The molecule has 0 bridgehead atoms. The highest BCUT2D eigenvalue weighted by Crippen LogP contribution is 2.05. The Hall–Kier alpha value is -1.82. The van der Waals surface area contributed by atoms with E-state index < -0.39 is 20.2 Å². The molecule has 0 amide bonds. The van der Waals surface area contributed by atoms with Crippen molar-refractivity contribution in [3.05, 3.63) is 60.7 Å². The van der Waals surface area contributed by atoms with Gasteiger partial charge in [0.05, 0.1) is 9.79 Å². The van der Waals surface area contributed by atoms with Crippen LogP contribution in [0.3, 0.4) is 0 Å². The maximum atomic E-state index is 10.3. The molecule has 0 aromatic heterocycles. The molecule has 0 spiro atoms. The Balaban J connectivity index is 0. The fourth-order valence-corrected chi connectivity index (χ4v) is 2.16. The number of hydrogen-bond donors (Lipinski definition) is 2. The summed E-state index contributed by atoms with van der Waals surface area (Å²) in [5, 5.41) is 0. The molecule has 2 rings (SSSR count). The highest BCUT2D eigenvalue weighted by molar-refractivity contribution is 7.86. The molecule has 2 aromatic rings. The van der Waals surface area contributed by atoms with E-state index in [2.05, 4.69) is 0 Å². The summed E-state index contributed by atoms with van der Waals surface area (Å²) >= 11 is 0. The van der Waals surface area contributed by atoms with Gasteiger partial charge in [0.1, 0.15) is 20.2 Å². The van der Waals surface area contributed by atoms with Gasteiger partial charge in [-0.2, -0.15) is 0 Å².